The molecule has 112 valence electrons. The summed E-state index contributed by atoms with van der Waals surface area (Å²) in [5.74, 6) is 0.894. The number of benzene rings is 2. The van der Waals surface area contributed by atoms with E-state index in [0.717, 1.165) is 18.7 Å². The second-order valence-corrected chi connectivity index (χ2v) is 6.11. The van der Waals surface area contributed by atoms with Crippen molar-refractivity contribution in [3.05, 3.63) is 54.1 Å². The van der Waals surface area contributed by atoms with Gasteiger partial charge in [0.1, 0.15) is 5.75 Å². The summed E-state index contributed by atoms with van der Waals surface area (Å²) in [4.78, 5) is 2.53. The predicted octanol–water partition coefficient (Wildman–Crippen LogP) is 4.91. The fourth-order valence-electron chi connectivity index (χ4n) is 2.17. The van der Waals surface area contributed by atoms with Crippen LogP contribution < -0.4 is 10.1 Å². The van der Waals surface area contributed by atoms with Gasteiger partial charge in [0.25, 0.3) is 0 Å². The normalized spacial score (nSPS) is 12.1. The zero-order chi connectivity index (χ0) is 15.1. The Bertz CT molecular complexity index is 553. The molecule has 0 aromatic heterocycles. The molecule has 2 rings (SSSR count). The molecule has 0 aliphatic heterocycles. The third kappa shape index (κ3) is 4.51. The SMILES string of the molecule is CCCNC(C)c1ccccc1Sc1ccc(OC)cc1. The zero-order valence-corrected chi connectivity index (χ0v) is 13.7. The van der Waals surface area contributed by atoms with Crippen molar-refractivity contribution in [3.8, 4) is 5.75 Å². The lowest BCUT2D eigenvalue weighted by Crippen LogP contribution is -2.19. The summed E-state index contributed by atoms with van der Waals surface area (Å²) < 4.78 is 5.21. The molecule has 1 atom stereocenters. The topological polar surface area (TPSA) is 21.3 Å². The predicted molar refractivity (Wildman–Crippen MR) is 90.3 cm³/mol. The van der Waals surface area contributed by atoms with E-state index in [1.54, 1.807) is 18.9 Å². The molecule has 2 nitrogen and oxygen atoms in total. The van der Waals surface area contributed by atoms with Crippen LogP contribution in [0.4, 0.5) is 0 Å². The van der Waals surface area contributed by atoms with Gasteiger partial charge in [-0.05, 0) is 55.8 Å². The standard InChI is InChI=1S/C18H23NOS/c1-4-13-19-14(2)17-7-5-6-8-18(17)21-16-11-9-15(20-3)10-12-16/h5-12,14,19H,4,13H2,1-3H3. The molecule has 21 heavy (non-hydrogen) atoms. The lowest BCUT2D eigenvalue weighted by molar-refractivity contribution is 0.414. The van der Waals surface area contributed by atoms with Gasteiger partial charge in [-0.25, -0.2) is 0 Å². The van der Waals surface area contributed by atoms with Crippen molar-refractivity contribution in [2.75, 3.05) is 13.7 Å². The Kier molecular flexibility index (Phi) is 6.15. The van der Waals surface area contributed by atoms with Gasteiger partial charge in [-0.3, -0.25) is 0 Å². The molecule has 2 aromatic carbocycles. The van der Waals surface area contributed by atoms with E-state index in [4.69, 9.17) is 4.74 Å². The maximum absolute atomic E-state index is 5.21. The summed E-state index contributed by atoms with van der Waals surface area (Å²) in [6, 6.07) is 17.2. The lowest BCUT2D eigenvalue weighted by atomic mass is 10.1. The van der Waals surface area contributed by atoms with Crippen LogP contribution in [0.15, 0.2) is 58.3 Å². The smallest absolute Gasteiger partial charge is 0.118 e. The highest BCUT2D eigenvalue weighted by Crippen LogP contribution is 2.33. The molecule has 1 unspecified atom stereocenters. The van der Waals surface area contributed by atoms with Gasteiger partial charge in [0.15, 0.2) is 0 Å². The van der Waals surface area contributed by atoms with Crippen molar-refractivity contribution in [2.24, 2.45) is 0 Å². The molecule has 0 saturated carbocycles. The molecular weight excluding hydrogens is 278 g/mol. The van der Waals surface area contributed by atoms with Crippen molar-refractivity contribution in [1.82, 2.24) is 5.32 Å². The minimum atomic E-state index is 0.367. The van der Waals surface area contributed by atoms with Crippen molar-refractivity contribution >= 4 is 11.8 Å². The highest BCUT2D eigenvalue weighted by atomic mass is 32.2. The van der Waals surface area contributed by atoms with Crippen molar-refractivity contribution in [1.29, 1.82) is 0 Å². The molecule has 0 amide bonds. The fourth-order valence-corrected chi connectivity index (χ4v) is 3.21. The highest BCUT2D eigenvalue weighted by molar-refractivity contribution is 7.99. The first kappa shape index (κ1) is 15.9. The molecular formula is C18H23NOS. The third-order valence-corrected chi connectivity index (χ3v) is 4.47. The summed E-state index contributed by atoms with van der Waals surface area (Å²) in [5.41, 5.74) is 1.35. The first-order valence-corrected chi connectivity index (χ1v) is 8.20. The number of hydrogen-bond donors (Lipinski definition) is 1. The van der Waals surface area contributed by atoms with E-state index in [1.165, 1.54) is 15.4 Å². The van der Waals surface area contributed by atoms with E-state index in [2.05, 4.69) is 55.6 Å². The van der Waals surface area contributed by atoms with Crippen LogP contribution in [0.3, 0.4) is 0 Å². The molecule has 1 N–H and O–H groups in total. The monoisotopic (exact) mass is 301 g/mol. The van der Waals surface area contributed by atoms with Gasteiger partial charge in [0.2, 0.25) is 0 Å². The van der Waals surface area contributed by atoms with E-state index in [-0.39, 0.29) is 0 Å². The van der Waals surface area contributed by atoms with Crippen LogP contribution in [0.1, 0.15) is 31.9 Å². The summed E-state index contributed by atoms with van der Waals surface area (Å²) in [7, 11) is 1.69. The van der Waals surface area contributed by atoms with Crippen LogP contribution >= 0.6 is 11.8 Å². The summed E-state index contributed by atoms with van der Waals surface area (Å²) in [6.45, 7) is 5.46. The van der Waals surface area contributed by atoms with Gasteiger partial charge >= 0.3 is 0 Å². The Balaban J connectivity index is 2.15. The maximum atomic E-state index is 5.21. The van der Waals surface area contributed by atoms with Crippen LogP contribution in [0, 0.1) is 0 Å². The minimum absolute atomic E-state index is 0.367. The van der Waals surface area contributed by atoms with E-state index in [0.29, 0.717) is 6.04 Å². The Morgan fingerprint density at radius 2 is 1.81 bits per heavy atom. The van der Waals surface area contributed by atoms with Gasteiger partial charge in [-0.15, -0.1) is 0 Å². The second kappa shape index (κ2) is 8.11. The minimum Gasteiger partial charge on any atom is -0.497 e. The quantitative estimate of drug-likeness (QED) is 0.785. The molecule has 3 heteroatoms. The highest BCUT2D eigenvalue weighted by Gasteiger charge is 2.10. The molecule has 2 aromatic rings. The number of methoxy groups -OCH3 is 1. The Hall–Kier alpha value is -1.45. The summed E-state index contributed by atoms with van der Waals surface area (Å²) in [6.07, 6.45) is 1.15. The summed E-state index contributed by atoms with van der Waals surface area (Å²) in [5, 5.41) is 3.56. The van der Waals surface area contributed by atoms with Crippen LogP contribution in [0.5, 0.6) is 5.75 Å². The number of hydrogen-bond acceptors (Lipinski definition) is 3. The van der Waals surface area contributed by atoms with Gasteiger partial charge < -0.3 is 10.1 Å². The van der Waals surface area contributed by atoms with E-state index in [1.807, 2.05) is 12.1 Å². The van der Waals surface area contributed by atoms with Crippen LogP contribution in [0.25, 0.3) is 0 Å². The second-order valence-electron chi connectivity index (χ2n) is 4.99. The molecule has 0 saturated heterocycles. The number of ether oxygens (including phenoxy) is 1. The molecule has 0 heterocycles. The third-order valence-electron chi connectivity index (χ3n) is 3.37. The Morgan fingerprint density at radius 3 is 2.48 bits per heavy atom. The Labute approximate surface area is 131 Å². The maximum Gasteiger partial charge on any atom is 0.118 e. The molecule has 0 spiro atoms. The van der Waals surface area contributed by atoms with Crippen molar-refractivity contribution in [2.45, 2.75) is 36.1 Å². The first-order valence-electron chi connectivity index (χ1n) is 7.38. The number of rotatable bonds is 7. The van der Waals surface area contributed by atoms with Gasteiger partial charge in [0, 0.05) is 15.8 Å². The molecule has 0 aliphatic rings. The van der Waals surface area contributed by atoms with E-state index < -0.39 is 0 Å². The first-order chi connectivity index (χ1) is 10.2. The average molecular weight is 301 g/mol. The molecule has 0 radical (unpaired) electrons. The van der Waals surface area contributed by atoms with Gasteiger partial charge in [-0.2, -0.15) is 0 Å². The summed E-state index contributed by atoms with van der Waals surface area (Å²) >= 11 is 1.80. The molecule has 0 bridgehead atoms. The zero-order valence-electron chi connectivity index (χ0n) is 12.9. The molecule has 0 fully saturated rings. The van der Waals surface area contributed by atoms with Gasteiger partial charge in [0.05, 0.1) is 7.11 Å². The van der Waals surface area contributed by atoms with E-state index >= 15 is 0 Å². The van der Waals surface area contributed by atoms with E-state index in [9.17, 15) is 0 Å². The van der Waals surface area contributed by atoms with Crippen LogP contribution in [0.2, 0.25) is 0 Å². The van der Waals surface area contributed by atoms with Crippen LogP contribution in [-0.2, 0) is 0 Å². The molecule has 0 aliphatic carbocycles. The number of nitrogens with one attached hydrogen (secondary N) is 1. The van der Waals surface area contributed by atoms with Gasteiger partial charge in [-0.1, -0.05) is 36.9 Å². The average Bonchev–Trinajstić information content (AvgIpc) is 2.54. The fraction of sp³-hybridized carbons (Fsp3) is 0.333. The van der Waals surface area contributed by atoms with Crippen molar-refractivity contribution in [3.63, 3.8) is 0 Å². The Morgan fingerprint density at radius 1 is 1.10 bits per heavy atom. The van der Waals surface area contributed by atoms with Crippen LogP contribution in [-0.4, -0.2) is 13.7 Å². The largest absolute Gasteiger partial charge is 0.497 e. The van der Waals surface area contributed by atoms with Crippen molar-refractivity contribution < 1.29 is 4.74 Å². The lowest BCUT2D eigenvalue weighted by Gasteiger charge is -2.17.